The predicted octanol–water partition coefficient (Wildman–Crippen LogP) is 2.32. The second kappa shape index (κ2) is 4.61. The van der Waals surface area contributed by atoms with Crippen molar-refractivity contribution in [2.75, 3.05) is 0 Å². The summed E-state index contributed by atoms with van der Waals surface area (Å²) in [4.78, 5) is 0. The fourth-order valence-electron chi connectivity index (χ4n) is 1.30. The Labute approximate surface area is 86.3 Å². The van der Waals surface area contributed by atoms with Crippen molar-refractivity contribution in [3.63, 3.8) is 0 Å². The predicted molar refractivity (Wildman–Crippen MR) is 59.7 cm³/mol. The van der Waals surface area contributed by atoms with Crippen LogP contribution in [0.5, 0.6) is 5.75 Å². The molecule has 13 heavy (non-hydrogen) atoms. The first-order valence-corrected chi connectivity index (χ1v) is 4.79. The molecule has 0 aliphatic carbocycles. The van der Waals surface area contributed by atoms with Gasteiger partial charge in [0.1, 0.15) is 5.75 Å². The second-order valence-electron chi connectivity index (χ2n) is 3.28. The highest BCUT2D eigenvalue weighted by Crippen LogP contribution is 2.21. The molecule has 0 saturated carbocycles. The molecule has 0 aromatic heterocycles. The summed E-state index contributed by atoms with van der Waals surface area (Å²) in [5.41, 5.74) is 2.33. The maximum atomic E-state index is 5.15. The molecule has 0 bridgehead atoms. The molecule has 0 N–H and O–H groups in total. The highest BCUT2D eigenvalue weighted by molar-refractivity contribution is 7.80. The minimum absolute atomic E-state index is 0.315. The highest BCUT2D eigenvalue weighted by Gasteiger charge is 2.04. The lowest BCUT2D eigenvalue weighted by atomic mass is 10.1. The molecule has 1 aromatic rings. The van der Waals surface area contributed by atoms with Crippen molar-refractivity contribution in [1.29, 1.82) is 0 Å². The van der Waals surface area contributed by atoms with Crippen LogP contribution in [0.2, 0.25) is 0 Å². The lowest BCUT2D eigenvalue weighted by Gasteiger charge is -2.11. The van der Waals surface area contributed by atoms with E-state index in [1.165, 1.54) is 5.56 Å². The maximum absolute atomic E-state index is 5.15. The molecule has 1 rings (SSSR count). The zero-order valence-corrected chi connectivity index (χ0v) is 8.84. The Morgan fingerprint density at radius 3 is 2.77 bits per heavy atom. The zero-order chi connectivity index (χ0) is 9.84. The van der Waals surface area contributed by atoms with Crippen LogP contribution in [0.4, 0.5) is 0 Å². The summed E-state index contributed by atoms with van der Waals surface area (Å²) in [6.45, 7) is 4.10. The number of benzene rings is 1. The number of rotatable bonds is 3. The molecule has 1 atom stereocenters. The average molecular weight is 192 g/mol. The van der Waals surface area contributed by atoms with E-state index in [4.69, 9.17) is 12.7 Å². The number of hydrogen-bond acceptors (Lipinski definition) is 2. The Balaban J connectivity index is 2.94. The molecule has 0 heterocycles. The number of thiol groups is 1. The molecule has 68 valence electrons. The quantitative estimate of drug-likeness (QED) is 0.571. The van der Waals surface area contributed by atoms with Crippen LogP contribution in [-0.4, -0.2) is 13.3 Å². The Kier molecular flexibility index (Phi) is 3.73. The van der Waals surface area contributed by atoms with Crippen LogP contribution in [0.15, 0.2) is 18.2 Å². The van der Waals surface area contributed by atoms with Crippen LogP contribution in [0.1, 0.15) is 18.1 Å². The van der Waals surface area contributed by atoms with Crippen molar-refractivity contribution < 1.29 is 4.65 Å². The first-order valence-electron chi connectivity index (χ1n) is 4.28. The van der Waals surface area contributed by atoms with Gasteiger partial charge < -0.3 is 4.65 Å². The van der Waals surface area contributed by atoms with E-state index in [0.717, 1.165) is 17.7 Å². The number of aryl methyl sites for hydroxylation is 1. The normalized spacial score (nSPS) is 12.5. The van der Waals surface area contributed by atoms with E-state index in [1.54, 1.807) is 0 Å². The smallest absolute Gasteiger partial charge is 0.374 e. The summed E-state index contributed by atoms with van der Waals surface area (Å²) in [5.74, 6) is 0.742. The summed E-state index contributed by atoms with van der Waals surface area (Å²) < 4.78 is 4.77. The van der Waals surface area contributed by atoms with E-state index in [0.29, 0.717) is 5.25 Å². The van der Waals surface area contributed by atoms with Crippen LogP contribution in [0.25, 0.3) is 0 Å². The standard InChI is InChI=1S/C10H13BOS/c1-7-3-4-10(12-11)9(5-7)6-8(2)13/h3-5,8,13H,6H2,1-2H3/t8-/m1/s1. The van der Waals surface area contributed by atoms with Gasteiger partial charge in [0.05, 0.1) is 0 Å². The molecule has 0 amide bonds. The van der Waals surface area contributed by atoms with Gasteiger partial charge in [-0.2, -0.15) is 12.6 Å². The molecule has 0 fully saturated rings. The van der Waals surface area contributed by atoms with Crippen molar-refractivity contribution in [3.8, 4) is 5.75 Å². The van der Waals surface area contributed by atoms with Gasteiger partial charge in [0.2, 0.25) is 0 Å². The summed E-state index contributed by atoms with van der Waals surface area (Å²) in [6.07, 6.45) is 0.872. The van der Waals surface area contributed by atoms with Crippen molar-refractivity contribution in [3.05, 3.63) is 29.3 Å². The van der Waals surface area contributed by atoms with Gasteiger partial charge in [-0.3, -0.25) is 0 Å². The highest BCUT2D eigenvalue weighted by atomic mass is 32.1. The van der Waals surface area contributed by atoms with E-state index >= 15 is 0 Å². The Bertz CT molecular complexity index is 286. The zero-order valence-electron chi connectivity index (χ0n) is 7.95. The summed E-state index contributed by atoms with van der Waals surface area (Å²) in [6, 6.07) is 5.95. The Morgan fingerprint density at radius 1 is 1.54 bits per heavy atom. The van der Waals surface area contributed by atoms with Gasteiger partial charge in [-0.25, -0.2) is 0 Å². The molecule has 0 saturated heterocycles. The van der Waals surface area contributed by atoms with E-state index in [2.05, 4.69) is 18.7 Å². The molecule has 1 aromatic carbocycles. The third kappa shape index (κ3) is 3.00. The first kappa shape index (κ1) is 10.5. The molecule has 1 nitrogen and oxygen atoms in total. The van der Waals surface area contributed by atoms with E-state index in [1.807, 2.05) is 26.0 Å². The van der Waals surface area contributed by atoms with Crippen LogP contribution < -0.4 is 4.65 Å². The van der Waals surface area contributed by atoms with Gasteiger partial charge in [0.15, 0.2) is 0 Å². The van der Waals surface area contributed by atoms with Crippen molar-refractivity contribution in [1.82, 2.24) is 0 Å². The van der Waals surface area contributed by atoms with Crippen LogP contribution in [0, 0.1) is 6.92 Å². The van der Waals surface area contributed by atoms with Crippen molar-refractivity contribution in [2.24, 2.45) is 0 Å². The maximum Gasteiger partial charge on any atom is 0.374 e. The van der Waals surface area contributed by atoms with Gasteiger partial charge in [-0.05, 0) is 25.0 Å². The summed E-state index contributed by atoms with van der Waals surface area (Å²) in [7, 11) is 5.15. The summed E-state index contributed by atoms with van der Waals surface area (Å²) >= 11 is 4.33. The monoisotopic (exact) mass is 192 g/mol. The van der Waals surface area contributed by atoms with Crippen LogP contribution in [0.3, 0.4) is 0 Å². The van der Waals surface area contributed by atoms with E-state index in [-0.39, 0.29) is 0 Å². The minimum Gasteiger partial charge on any atom is -0.568 e. The molecule has 3 heteroatoms. The van der Waals surface area contributed by atoms with Gasteiger partial charge in [0.25, 0.3) is 0 Å². The molecule has 0 aliphatic rings. The summed E-state index contributed by atoms with van der Waals surface area (Å²) in [5, 5.41) is 0.315. The lowest BCUT2D eigenvalue weighted by molar-refractivity contribution is 0.604. The van der Waals surface area contributed by atoms with E-state index in [9.17, 15) is 0 Å². The Hall–Kier alpha value is -0.565. The van der Waals surface area contributed by atoms with Gasteiger partial charge in [-0.15, -0.1) is 0 Å². The molecule has 0 aliphatic heterocycles. The van der Waals surface area contributed by atoms with Crippen LogP contribution in [-0.2, 0) is 6.42 Å². The van der Waals surface area contributed by atoms with E-state index < -0.39 is 0 Å². The Morgan fingerprint density at radius 2 is 2.23 bits per heavy atom. The van der Waals surface area contributed by atoms with Crippen LogP contribution >= 0.6 is 12.6 Å². The molecule has 0 spiro atoms. The third-order valence-electron chi connectivity index (χ3n) is 1.86. The fraction of sp³-hybridized carbons (Fsp3) is 0.400. The van der Waals surface area contributed by atoms with Gasteiger partial charge in [-0.1, -0.05) is 24.6 Å². The molecule has 0 unspecified atom stereocenters. The van der Waals surface area contributed by atoms with Gasteiger partial charge in [0, 0.05) is 5.25 Å². The minimum atomic E-state index is 0.315. The van der Waals surface area contributed by atoms with Crippen molar-refractivity contribution >= 4 is 20.7 Å². The average Bonchev–Trinajstić information content (AvgIpc) is 2.03. The first-order chi connectivity index (χ1) is 6.13. The molecular weight excluding hydrogens is 179 g/mol. The lowest BCUT2D eigenvalue weighted by Crippen LogP contribution is -2.01. The largest absolute Gasteiger partial charge is 0.568 e. The van der Waals surface area contributed by atoms with Gasteiger partial charge >= 0.3 is 8.05 Å². The SMILES string of the molecule is [B]Oc1ccc(C)cc1C[C@@H](C)S. The fourth-order valence-corrected chi connectivity index (χ4v) is 1.50. The van der Waals surface area contributed by atoms with Crippen molar-refractivity contribution in [2.45, 2.75) is 25.5 Å². The topological polar surface area (TPSA) is 9.23 Å². The number of hydrogen-bond donors (Lipinski definition) is 1. The second-order valence-corrected chi connectivity index (χ2v) is 4.16. The third-order valence-corrected chi connectivity index (χ3v) is 2.04. The molecular formula is C10H13BOS. The molecule has 2 radical (unpaired) electrons.